The summed E-state index contributed by atoms with van der Waals surface area (Å²) in [5.74, 6) is 2.01. The van der Waals surface area contributed by atoms with Crippen LogP contribution in [-0.4, -0.2) is 50.3 Å². The monoisotopic (exact) mass is 455 g/mol. The van der Waals surface area contributed by atoms with Gasteiger partial charge in [0.15, 0.2) is 11.5 Å². The van der Waals surface area contributed by atoms with Crippen molar-refractivity contribution in [2.45, 2.75) is 32.2 Å². The van der Waals surface area contributed by atoms with Crippen LogP contribution in [0.2, 0.25) is 5.02 Å². The lowest BCUT2D eigenvalue weighted by atomic mass is 10.0. The highest BCUT2D eigenvalue weighted by molar-refractivity contribution is 6.30. The lowest BCUT2D eigenvalue weighted by Gasteiger charge is -2.27. The van der Waals surface area contributed by atoms with Crippen molar-refractivity contribution in [3.05, 3.63) is 52.5 Å². The van der Waals surface area contributed by atoms with Gasteiger partial charge in [-0.2, -0.15) is 0 Å². The topological polar surface area (TPSA) is 54.0 Å². The van der Waals surface area contributed by atoms with Gasteiger partial charge < -0.3 is 24.6 Å². The number of carbonyl (C=O) groups is 1. The Hall–Kier alpha value is -2.60. The van der Waals surface area contributed by atoms with Crippen LogP contribution in [0.15, 0.2) is 36.4 Å². The largest absolute Gasteiger partial charge is 0.486 e. The van der Waals surface area contributed by atoms with Crippen LogP contribution < -0.4 is 19.7 Å². The van der Waals surface area contributed by atoms with Crippen LogP contribution in [0.5, 0.6) is 11.5 Å². The summed E-state index contributed by atoms with van der Waals surface area (Å²) < 4.78 is 11.4. The van der Waals surface area contributed by atoms with E-state index in [1.54, 1.807) is 0 Å². The summed E-state index contributed by atoms with van der Waals surface area (Å²) in [7, 11) is 0. The molecule has 0 saturated carbocycles. The summed E-state index contributed by atoms with van der Waals surface area (Å²) in [6, 6.07) is 12.2. The molecule has 6 nitrogen and oxygen atoms in total. The molecule has 2 amide bonds. The molecule has 3 aliphatic rings. The van der Waals surface area contributed by atoms with Gasteiger partial charge in [-0.15, -0.1) is 0 Å². The minimum atomic E-state index is 0.0276. The average Bonchev–Trinajstić information content (AvgIpc) is 3.49. The number of anilines is 1. The van der Waals surface area contributed by atoms with E-state index in [2.05, 4.69) is 29.3 Å². The first-order chi connectivity index (χ1) is 15.6. The number of fused-ring (bicyclic) bond motifs is 1. The predicted molar refractivity (Wildman–Crippen MR) is 126 cm³/mol. The van der Waals surface area contributed by atoms with Crippen molar-refractivity contribution in [3.8, 4) is 11.5 Å². The SMILES string of the molecule is Cc1ccc(Cl)cc1N1CCC(CNC(=O)N2CCCC2c2ccc3c(c2)OCCO3)C1. The van der Waals surface area contributed by atoms with Crippen molar-refractivity contribution in [1.29, 1.82) is 0 Å². The Morgan fingerprint density at radius 2 is 1.94 bits per heavy atom. The van der Waals surface area contributed by atoms with E-state index in [0.29, 0.717) is 25.7 Å². The van der Waals surface area contributed by atoms with E-state index in [0.717, 1.165) is 61.0 Å². The number of nitrogens with zero attached hydrogens (tertiary/aromatic N) is 2. The zero-order valence-corrected chi connectivity index (χ0v) is 19.2. The Morgan fingerprint density at radius 3 is 2.81 bits per heavy atom. The highest BCUT2D eigenvalue weighted by Gasteiger charge is 2.32. The molecule has 2 fully saturated rings. The Labute approximate surface area is 194 Å². The molecule has 2 atom stereocenters. The fraction of sp³-hybridized carbons (Fsp3) is 0.480. The number of hydrogen-bond donors (Lipinski definition) is 1. The number of aryl methyl sites for hydroxylation is 1. The van der Waals surface area contributed by atoms with E-state index in [4.69, 9.17) is 21.1 Å². The Morgan fingerprint density at radius 1 is 1.09 bits per heavy atom. The number of urea groups is 1. The molecule has 0 radical (unpaired) electrons. The van der Waals surface area contributed by atoms with Crippen LogP contribution in [0.3, 0.4) is 0 Å². The number of carbonyl (C=O) groups excluding carboxylic acids is 1. The molecule has 3 aliphatic heterocycles. The summed E-state index contributed by atoms with van der Waals surface area (Å²) in [5, 5.41) is 3.97. The molecule has 170 valence electrons. The molecule has 7 heteroatoms. The molecule has 2 aromatic rings. The van der Waals surface area contributed by atoms with Crippen LogP contribution in [0.1, 0.15) is 36.4 Å². The fourth-order valence-corrected chi connectivity index (χ4v) is 5.26. The molecule has 0 aliphatic carbocycles. The van der Waals surface area contributed by atoms with Crippen molar-refractivity contribution < 1.29 is 14.3 Å². The van der Waals surface area contributed by atoms with Gasteiger partial charge in [0.05, 0.1) is 6.04 Å². The second-order valence-corrected chi connectivity index (χ2v) is 9.41. The van der Waals surface area contributed by atoms with Gasteiger partial charge in [-0.25, -0.2) is 4.79 Å². The van der Waals surface area contributed by atoms with Crippen molar-refractivity contribution in [2.24, 2.45) is 5.92 Å². The maximum absolute atomic E-state index is 13.1. The molecule has 2 aromatic carbocycles. The average molecular weight is 456 g/mol. The normalized spacial score (nSPS) is 22.3. The van der Waals surface area contributed by atoms with Crippen LogP contribution in [0.25, 0.3) is 0 Å². The van der Waals surface area contributed by atoms with E-state index < -0.39 is 0 Å². The van der Waals surface area contributed by atoms with E-state index in [-0.39, 0.29) is 12.1 Å². The third-order valence-electron chi connectivity index (χ3n) is 6.80. The van der Waals surface area contributed by atoms with Crippen LogP contribution in [-0.2, 0) is 0 Å². The molecule has 2 saturated heterocycles. The summed E-state index contributed by atoms with van der Waals surface area (Å²) in [4.78, 5) is 17.4. The van der Waals surface area contributed by atoms with Crippen molar-refractivity contribution in [1.82, 2.24) is 10.2 Å². The lowest BCUT2D eigenvalue weighted by Crippen LogP contribution is -2.41. The number of benzene rings is 2. The highest BCUT2D eigenvalue weighted by Crippen LogP contribution is 2.38. The molecule has 1 N–H and O–H groups in total. The number of hydrogen-bond acceptors (Lipinski definition) is 4. The van der Waals surface area contributed by atoms with E-state index in [1.807, 2.05) is 29.2 Å². The molecule has 0 spiro atoms. The molecule has 2 unspecified atom stereocenters. The van der Waals surface area contributed by atoms with Crippen LogP contribution in [0, 0.1) is 12.8 Å². The quantitative estimate of drug-likeness (QED) is 0.720. The summed E-state index contributed by atoms with van der Waals surface area (Å²) in [6.07, 6.45) is 3.05. The Kier molecular flexibility index (Phi) is 6.05. The first-order valence-electron chi connectivity index (χ1n) is 11.5. The maximum Gasteiger partial charge on any atom is 0.317 e. The third kappa shape index (κ3) is 4.33. The minimum absolute atomic E-state index is 0.0276. The lowest BCUT2D eigenvalue weighted by molar-refractivity contribution is 0.170. The first-order valence-corrected chi connectivity index (χ1v) is 11.9. The van der Waals surface area contributed by atoms with Gasteiger partial charge in [-0.1, -0.05) is 23.7 Å². The van der Waals surface area contributed by atoms with E-state index in [9.17, 15) is 4.79 Å². The van der Waals surface area contributed by atoms with E-state index >= 15 is 0 Å². The number of amides is 2. The van der Waals surface area contributed by atoms with Gasteiger partial charge in [0.25, 0.3) is 0 Å². The summed E-state index contributed by atoms with van der Waals surface area (Å²) in [5.41, 5.74) is 3.55. The Balaban J connectivity index is 1.18. The molecular weight excluding hydrogens is 426 g/mol. The second kappa shape index (κ2) is 9.10. The zero-order chi connectivity index (χ0) is 22.1. The molecule has 3 heterocycles. The number of likely N-dealkylation sites (tertiary alicyclic amines) is 1. The molecule has 0 aromatic heterocycles. The number of nitrogens with one attached hydrogen (secondary N) is 1. The Bertz CT molecular complexity index is 998. The van der Waals surface area contributed by atoms with Gasteiger partial charge >= 0.3 is 6.03 Å². The van der Waals surface area contributed by atoms with Crippen molar-refractivity contribution in [2.75, 3.05) is 44.3 Å². The fourth-order valence-electron chi connectivity index (χ4n) is 5.10. The first kappa shape index (κ1) is 21.3. The van der Waals surface area contributed by atoms with Crippen LogP contribution in [0.4, 0.5) is 10.5 Å². The van der Waals surface area contributed by atoms with Gasteiger partial charge in [-0.05, 0) is 67.5 Å². The van der Waals surface area contributed by atoms with Crippen molar-refractivity contribution in [3.63, 3.8) is 0 Å². The van der Waals surface area contributed by atoms with Gasteiger partial charge in [0, 0.05) is 36.9 Å². The number of ether oxygens (including phenoxy) is 2. The van der Waals surface area contributed by atoms with Gasteiger partial charge in [0.1, 0.15) is 13.2 Å². The smallest absolute Gasteiger partial charge is 0.317 e. The molecule has 32 heavy (non-hydrogen) atoms. The number of rotatable bonds is 4. The maximum atomic E-state index is 13.1. The molecule has 0 bridgehead atoms. The van der Waals surface area contributed by atoms with Crippen molar-refractivity contribution >= 4 is 23.3 Å². The highest BCUT2D eigenvalue weighted by atomic mass is 35.5. The zero-order valence-electron chi connectivity index (χ0n) is 18.5. The predicted octanol–water partition coefficient (Wildman–Crippen LogP) is 4.79. The summed E-state index contributed by atoms with van der Waals surface area (Å²) in [6.45, 7) is 6.67. The third-order valence-corrected chi connectivity index (χ3v) is 7.04. The minimum Gasteiger partial charge on any atom is -0.486 e. The standard InChI is InChI=1S/C25H30ClN3O3/c1-17-4-6-20(26)14-22(17)28-10-8-18(16-28)15-27-25(30)29-9-2-3-21(29)19-5-7-23-24(13-19)32-12-11-31-23/h4-7,13-14,18,21H,2-3,8-12,15-16H2,1H3,(H,27,30). The summed E-state index contributed by atoms with van der Waals surface area (Å²) >= 11 is 6.21. The van der Waals surface area contributed by atoms with Crippen LogP contribution >= 0.6 is 11.6 Å². The van der Waals surface area contributed by atoms with E-state index in [1.165, 1.54) is 11.3 Å². The van der Waals surface area contributed by atoms with Gasteiger partial charge in [-0.3, -0.25) is 0 Å². The van der Waals surface area contributed by atoms with Gasteiger partial charge in [0.2, 0.25) is 0 Å². The molecule has 5 rings (SSSR count). The second-order valence-electron chi connectivity index (χ2n) is 8.97. The molecular formula is C25H30ClN3O3. The number of halogens is 1.